The lowest BCUT2D eigenvalue weighted by Gasteiger charge is -2.43. The zero-order chi connectivity index (χ0) is 39.4. The van der Waals surface area contributed by atoms with Gasteiger partial charge in [0.1, 0.15) is 11.3 Å². The quantitative estimate of drug-likeness (QED) is 0.0996. The number of hydrogen-bond donors (Lipinski definition) is 1. The van der Waals surface area contributed by atoms with Gasteiger partial charge in [-0.2, -0.15) is 0 Å². The van der Waals surface area contributed by atoms with Gasteiger partial charge in [-0.25, -0.2) is 9.59 Å². The van der Waals surface area contributed by atoms with Crippen LogP contribution in [0, 0.1) is 0 Å². The van der Waals surface area contributed by atoms with Crippen molar-refractivity contribution in [2.75, 3.05) is 49.8 Å². The second-order valence-electron chi connectivity index (χ2n) is 13.3. The van der Waals surface area contributed by atoms with Crippen molar-refractivity contribution in [3.8, 4) is 45.6 Å². The SMILES string of the molecule is COC(=O)c1c(C(=O)OC)c(-c2ccc(OC)c(OC)c2)c2c(OC)c(OC)c(OC)c(CO[Si](c3ccccc3)(c3ccccc3)C(C)(C)C)c2c1O. The van der Waals surface area contributed by atoms with Crippen LogP contribution in [-0.2, 0) is 20.5 Å². The number of hydrogen-bond acceptors (Lipinski definition) is 11. The van der Waals surface area contributed by atoms with Crippen molar-refractivity contribution in [2.24, 2.45) is 0 Å². The van der Waals surface area contributed by atoms with Gasteiger partial charge in [0.15, 0.2) is 23.0 Å². The fourth-order valence-corrected chi connectivity index (χ4v) is 11.8. The number of methoxy groups -OCH3 is 7. The summed E-state index contributed by atoms with van der Waals surface area (Å²) in [5.74, 6) is -1.25. The van der Waals surface area contributed by atoms with Gasteiger partial charge in [0.25, 0.3) is 8.32 Å². The van der Waals surface area contributed by atoms with Crippen LogP contribution < -0.4 is 34.1 Å². The summed E-state index contributed by atoms with van der Waals surface area (Å²) >= 11 is 0. The van der Waals surface area contributed by atoms with E-state index in [4.69, 9.17) is 37.6 Å². The Kier molecular flexibility index (Phi) is 11.8. The Morgan fingerprint density at radius 1 is 0.611 bits per heavy atom. The number of esters is 2. The molecule has 0 aliphatic carbocycles. The second-order valence-corrected chi connectivity index (χ2v) is 17.6. The van der Waals surface area contributed by atoms with Crippen LogP contribution in [-0.4, -0.2) is 75.1 Å². The molecule has 5 aromatic rings. The minimum absolute atomic E-state index is 0.111. The van der Waals surface area contributed by atoms with E-state index in [0.29, 0.717) is 22.6 Å². The highest BCUT2D eigenvalue weighted by Gasteiger charge is 2.50. The third-order valence-corrected chi connectivity index (χ3v) is 14.6. The van der Waals surface area contributed by atoms with Crippen molar-refractivity contribution in [1.29, 1.82) is 0 Å². The zero-order valence-electron chi connectivity index (χ0n) is 32.2. The van der Waals surface area contributed by atoms with Crippen molar-refractivity contribution in [3.63, 3.8) is 0 Å². The van der Waals surface area contributed by atoms with Gasteiger partial charge < -0.3 is 42.7 Å². The van der Waals surface area contributed by atoms with Gasteiger partial charge in [0.05, 0.1) is 61.9 Å². The Labute approximate surface area is 316 Å². The van der Waals surface area contributed by atoms with E-state index < -0.39 is 36.6 Å². The predicted molar refractivity (Wildman–Crippen MR) is 209 cm³/mol. The lowest BCUT2D eigenvalue weighted by atomic mass is 9.85. The van der Waals surface area contributed by atoms with Gasteiger partial charge >= 0.3 is 11.9 Å². The van der Waals surface area contributed by atoms with E-state index in [1.807, 2.05) is 36.4 Å². The summed E-state index contributed by atoms with van der Waals surface area (Å²) < 4.78 is 47.0. The van der Waals surface area contributed by atoms with Gasteiger partial charge in [0.2, 0.25) is 5.75 Å². The van der Waals surface area contributed by atoms with Crippen molar-refractivity contribution in [2.45, 2.75) is 32.4 Å². The van der Waals surface area contributed by atoms with Gasteiger partial charge in [-0.3, -0.25) is 0 Å². The number of carbonyl (C=O) groups excluding carboxylic acids is 2. The monoisotopic (exact) mass is 754 g/mol. The molecule has 0 aliphatic heterocycles. The molecule has 0 heterocycles. The first-order chi connectivity index (χ1) is 25.9. The van der Waals surface area contributed by atoms with Crippen LogP contribution in [0.3, 0.4) is 0 Å². The lowest BCUT2D eigenvalue weighted by Crippen LogP contribution is -2.66. The molecule has 1 N–H and O–H groups in total. The minimum atomic E-state index is -3.20. The smallest absolute Gasteiger partial charge is 0.342 e. The predicted octanol–water partition coefficient (Wildman–Crippen LogP) is 6.91. The van der Waals surface area contributed by atoms with E-state index in [1.165, 1.54) is 42.7 Å². The molecule has 0 atom stereocenters. The molecule has 0 spiro atoms. The van der Waals surface area contributed by atoms with Crippen LogP contribution in [0.5, 0.6) is 34.5 Å². The number of phenolic OH excluding ortho intramolecular Hbond substituents is 1. The molecule has 54 heavy (non-hydrogen) atoms. The largest absolute Gasteiger partial charge is 0.506 e. The summed E-state index contributed by atoms with van der Waals surface area (Å²) in [5, 5.41) is 14.3. The Bertz CT molecular complexity index is 2120. The van der Waals surface area contributed by atoms with Gasteiger partial charge in [0, 0.05) is 21.9 Å². The van der Waals surface area contributed by atoms with Crippen LogP contribution in [0.4, 0.5) is 0 Å². The molecular weight excluding hydrogens is 709 g/mol. The molecule has 0 saturated carbocycles. The topological polar surface area (TPSA) is 128 Å². The first kappa shape index (κ1) is 39.5. The summed E-state index contributed by atoms with van der Waals surface area (Å²) in [7, 11) is 6.46. The van der Waals surface area contributed by atoms with Crippen molar-refractivity contribution < 1.29 is 52.3 Å². The number of carbonyl (C=O) groups is 2. The Morgan fingerprint density at radius 2 is 1.13 bits per heavy atom. The Balaban J connectivity index is 2.02. The summed E-state index contributed by atoms with van der Waals surface area (Å²) in [6, 6.07) is 25.1. The second kappa shape index (κ2) is 16.1. The number of ether oxygens (including phenoxy) is 7. The third kappa shape index (κ3) is 6.56. The number of fused-ring (bicyclic) bond motifs is 1. The molecule has 5 rings (SSSR count). The maximum Gasteiger partial charge on any atom is 0.342 e. The average molecular weight is 755 g/mol. The number of benzene rings is 5. The van der Waals surface area contributed by atoms with E-state index in [1.54, 1.807) is 18.2 Å². The van der Waals surface area contributed by atoms with Crippen molar-refractivity contribution in [1.82, 2.24) is 0 Å². The molecule has 0 bridgehead atoms. The fourth-order valence-electron chi connectivity index (χ4n) is 7.29. The van der Waals surface area contributed by atoms with E-state index in [0.717, 1.165) is 17.5 Å². The minimum Gasteiger partial charge on any atom is -0.506 e. The van der Waals surface area contributed by atoms with Crippen LogP contribution in [0.2, 0.25) is 5.04 Å². The van der Waals surface area contributed by atoms with Crippen molar-refractivity contribution in [3.05, 3.63) is 95.6 Å². The molecular formula is C42H46O11Si. The summed E-state index contributed by atoms with van der Waals surface area (Å²) in [6.07, 6.45) is 0. The average Bonchev–Trinajstić information content (AvgIpc) is 3.19. The normalized spacial score (nSPS) is 11.5. The molecule has 12 heteroatoms. The molecule has 0 fully saturated rings. The molecule has 284 valence electrons. The third-order valence-electron chi connectivity index (χ3n) is 9.60. The van der Waals surface area contributed by atoms with E-state index in [9.17, 15) is 14.7 Å². The number of aromatic hydroxyl groups is 1. The summed E-state index contributed by atoms with van der Waals surface area (Å²) in [4.78, 5) is 27.6. The standard InChI is InChI=1S/C42H46O11Si/c1-42(2,3)54(26-17-13-11-14-18-26,27-19-15-12-16-20-27)53-24-28-32-33(38(49-7)39(50-8)37(28)48-6)31(25-21-22-29(46-4)30(23-25)47-5)34(40(44)51-9)35(36(32)43)41(45)52-10/h11-23,43H,24H2,1-10H3. The van der Waals surface area contributed by atoms with E-state index in [-0.39, 0.29) is 45.8 Å². The van der Waals surface area contributed by atoms with Crippen LogP contribution >= 0.6 is 0 Å². The highest BCUT2D eigenvalue weighted by Crippen LogP contribution is 2.55. The molecule has 0 saturated heterocycles. The maximum absolute atomic E-state index is 13.9. The highest BCUT2D eigenvalue weighted by atomic mass is 28.4. The lowest BCUT2D eigenvalue weighted by molar-refractivity contribution is 0.0553. The molecule has 0 unspecified atom stereocenters. The molecule has 5 aromatic carbocycles. The molecule has 11 nitrogen and oxygen atoms in total. The van der Waals surface area contributed by atoms with Crippen LogP contribution in [0.15, 0.2) is 78.9 Å². The van der Waals surface area contributed by atoms with E-state index >= 15 is 0 Å². The molecule has 0 aliphatic rings. The first-order valence-corrected chi connectivity index (χ1v) is 19.0. The summed E-state index contributed by atoms with van der Waals surface area (Å²) in [6.45, 7) is 6.31. The maximum atomic E-state index is 13.9. The number of rotatable bonds is 13. The first-order valence-electron chi connectivity index (χ1n) is 17.1. The van der Waals surface area contributed by atoms with Gasteiger partial charge in [-0.05, 0) is 33.1 Å². The van der Waals surface area contributed by atoms with Crippen molar-refractivity contribution >= 4 is 41.4 Å². The number of phenols is 1. The Morgan fingerprint density at radius 3 is 1.59 bits per heavy atom. The van der Waals surface area contributed by atoms with Gasteiger partial charge in [-0.1, -0.05) is 87.5 Å². The molecule has 0 aromatic heterocycles. The Hall–Kier alpha value is -5.72. The van der Waals surface area contributed by atoms with Crippen LogP contribution in [0.25, 0.3) is 21.9 Å². The molecule has 0 radical (unpaired) electrons. The summed E-state index contributed by atoms with van der Waals surface area (Å²) in [5.41, 5.74) is 0.195. The van der Waals surface area contributed by atoms with E-state index in [2.05, 4.69) is 45.0 Å². The molecule has 0 amide bonds. The van der Waals surface area contributed by atoms with Crippen LogP contribution in [0.1, 0.15) is 47.1 Å². The highest BCUT2D eigenvalue weighted by molar-refractivity contribution is 6.99. The van der Waals surface area contributed by atoms with Gasteiger partial charge in [-0.15, -0.1) is 0 Å². The zero-order valence-corrected chi connectivity index (χ0v) is 33.2. The fraction of sp³-hybridized carbons (Fsp3) is 0.286.